The van der Waals surface area contributed by atoms with Gasteiger partial charge in [0.1, 0.15) is 0 Å². The van der Waals surface area contributed by atoms with E-state index in [1.165, 1.54) is 31.0 Å². The monoisotopic (exact) mass is 119 g/mol. The van der Waals surface area contributed by atoms with Crippen molar-refractivity contribution in [2.45, 2.75) is 17.9 Å². The van der Waals surface area contributed by atoms with Gasteiger partial charge in [-0.2, -0.15) is 0 Å². The van der Waals surface area contributed by atoms with Crippen LogP contribution in [0.15, 0.2) is 0 Å². The molecule has 1 saturated heterocycles. The van der Waals surface area contributed by atoms with Crippen molar-refractivity contribution in [1.29, 1.82) is 0 Å². The molecule has 0 aromatic rings. The average molecular weight is 119 g/mol. The van der Waals surface area contributed by atoms with Crippen molar-refractivity contribution in [2.75, 3.05) is 20.1 Å². The quantitative estimate of drug-likeness (QED) is 0.464. The SMILES string of the molecule is [Li][CH2]C1CCCN(C)C1. The number of piperidine rings is 1. The molecule has 1 heterocycles. The van der Waals surface area contributed by atoms with Crippen molar-refractivity contribution in [1.82, 2.24) is 4.90 Å². The van der Waals surface area contributed by atoms with E-state index in [1.807, 2.05) is 0 Å². The van der Waals surface area contributed by atoms with Crippen LogP contribution >= 0.6 is 0 Å². The van der Waals surface area contributed by atoms with Gasteiger partial charge < -0.3 is 0 Å². The molecule has 1 rings (SSSR count). The number of nitrogens with zero attached hydrogens (tertiary/aromatic N) is 1. The van der Waals surface area contributed by atoms with Crippen molar-refractivity contribution in [3.63, 3.8) is 0 Å². The summed E-state index contributed by atoms with van der Waals surface area (Å²) in [4.78, 5) is 2.44. The molecule has 0 radical (unpaired) electrons. The molecule has 0 aromatic carbocycles. The fourth-order valence-electron chi connectivity index (χ4n) is 1.61. The van der Waals surface area contributed by atoms with Gasteiger partial charge in [-0.3, -0.25) is 0 Å². The maximum absolute atomic E-state index is 2.44. The van der Waals surface area contributed by atoms with Crippen molar-refractivity contribution in [2.24, 2.45) is 5.92 Å². The topological polar surface area (TPSA) is 3.24 Å². The molecule has 1 aliphatic heterocycles. The molecule has 0 spiro atoms. The summed E-state index contributed by atoms with van der Waals surface area (Å²) in [6, 6.07) is 0. The Labute approximate surface area is 67.0 Å². The number of hydrogen-bond donors (Lipinski definition) is 0. The Bertz CT molecular complexity index is 85.0. The summed E-state index contributed by atoms with van der Waals surface area (Å²) in [7, 11) is 2.22. The van der Waals surface area contributed by atoms with Crippen LogP contribution in [0, 0.1) is 5.92 Å². The maximum atomic E-state index is 2.44. The molecule has 9 heavy (non-hydrogen) atoms. The molecule has 0 N–H and O–H groups in total. The van der Waals surface area contributed by atoms with Gasteiger partial charge in [0.15, 0.2) is 0 Å². The summed E-state index contributed by atoms with van der Waals surface area (Å²) in [5.74, 6) is 0.990. The van der Waals surface area contributed by atoms with Crippen molar-refractivity contribution in [3.8, 4) is 0 Å². The number of rotatable bonds is 1. The van der Waals surface area contributed by atoms with Gasteiger partial charge in [-0.05, 0) is 0 Å². The molecule has 1 atom stereocenters. The molecule has 1 aliphatic rings. The predicted octanol–water partition coefficient (Wildman–Crippen LogP) is 0.915. The zero-order chi connectivity index (χ0) is 6.69. The summed E-state index contributed by atoms with van der Waals surface area (Å²) >= 11 is 2.30. The summed E-state index contributed by atoms with van der Waals surface area (Å²) in [5, 5.41) is 1.37. The van der Waals surface area contributed by atoms with E-state index in [2.05, 4.69) is 29.7 Å². The first-order valence-corrected chi connectivity index (χ1v) is 4.01. The van der Waals surface area contributed by atoms with Gasteiger partial charge in [-0.15, -0.1) is 0 Å². The van der Waals surface area contributed by atoms with Crippen LogP contribution in [0.4, 0.5) is 0 Å². The number of likely N-dealkylation sites (tertiary alicyclic amines) is 1. The average Bonchev–Trinajstić information content (AvgIpc) is 1.88. The van der Waals surface area contributed by atoms with E-state index in [1.54, 1.807) is 0 Å². The molecular formula is C7H14LiN. The second-order valence-corrected chi connectivity index (χ2v) is 3.18. The van der Waals surface area contributed by atoms with Gasteiger partial charge >= 0.3 is 66.6 Å². The van der Waals surface area contributed by atoms with Crippen LogP contribution in [-0.4, -0.2) is 42.8 Å². The summed E-state index contributed by atoms with van der Waals surface area (Å²) in [6.45, 7) is 2.65. The normalized spacial score (nSPS) is 30.8. The van der Waals surface area contributed by atoms with Crippen LogP contribution in [0.3, 0.4) is 0 Å². The van der Waals surface area contributed by atoms with Gasteiger partial charge in [-0.25, -0.2) is 0 Å². The van der Waals surface area contributed by atoms with E-state index in [0.717, 1.165) is 5.92 Å². The zero-order valence-corrected chi connectivity index (χ0v) is 6.56. The Balaban J connectivity index is 2.23. The molecular weight excluding hydrogens is 105 g/mol. The fraction of sp³-hybridized carbons (Fsp3) is 1.00. The Morgan fingerprint density at radius 3 is 2.89 bits per heavy atom. The minimum absolute atomic E-state index is 0.990. The summed E-state index contributed by atoms with van der Waals surface area (Å²) in [5.41, 5.74) is 0. The molecule has 0 aliphatic carbocycles. The summed E-state index contributed by atoms with van der Waals surface area (Å²) in [6.07, 6.45) is 2.87. The van der Waals surface area contributed by atoms with Crippen molar-refractivity contribution < 1.29 is 0 Å². The van der Waals surface area contributed by atoms with Crippen LogP contribution in [0.1, 0.15) is 12.8 Å². The molecule has 1 unspecified atom stereocenters. The van der Waals surface area contributed by atoms with Gasteiger partial charge in [0.05, 0.1) is 0 Å². The molecule has 0 aromatic heterocycles. The summed E-state index contributed by atoms with van der Waals surface area (Å²) < 4.78 is 0. The first-order chi connectivity index (χ1) is 4.33. The fourth-order valence-corrected chi connectivity index (χ4v) is 1.61. The third-order valence-corrected chi connectivity index (χ3v) is 2.30. The molecule has 2 heteroatoms. The van der Waals surface area contributed by atoms with Crippen LogP contribution in [0.5, 0.6) is 0 Å². The Morgan fingerprint density at radius 2 is 2.44 bits per heavy atom. The molecule has 1 fully saturated rings. The predicted molar refractivity (Wildman–Crippen MR) is 40.8 cm³/mol. The molecule has 1 nitrogen and oxygen atoms in total. The molecule has 48 valence electrons. The first-order valence-electron chi connectivity index (χ1n) is 4.01. The van der Waals surface area contributed by atoms with Gasteiger partial charge in [0.2, 0.25) is 0 Å². The van der Waals surface area contributed by atoms with Gasteiger partial charge in [0, 0.05) is 0 Å². The Hall–Kier alpha value is 0.557. The zero-order valence-electron chi connectivity index (χ0n) is 6.56. The minimum atomic E-state index is 0.990. The first kappa shape index (κ1) is 7.66. The molecule has 0 bridgehead atoms. The van der Waals surface area contributed by atoms with E-state index in [4.69, 9.17) is 0 Å². The third-order valence-electron chi connectivity index (χ3n) is 2.30. The van der Waals surface area contributed by atoms with E-state index in [0.29, 0.717) is 0 Å². The van der Waals surface area contributed by atoms with E-state index in [-0.39, 0.29) is 0 Å². The Morgan fingerprint density at radius 1 is 1.67 bits per heavy atom. The van der Waals surface area contributed by atoms with Crippen LogP contribution in [-0.2, 0) is 0 Å². The van der Waals surface area contributed by atoms with Gasteiger partial charge in [0.25, 0.3) is 0 Å². The van der Waals surface area contributed by atoms with E-state index < -0.39 is 0 Å². The molecule has 0 saturated carbocycles. The van der Waals surface area contributed by atoms with E-state index in [9.17, 15) is 0 Å². The standard InChI is InChI=1S/C7H14N.Li/c1-7-4-3-5-8(2)6-7;/h7H,1,3-6H2,2H3;. The van der Waals surface area contributed by atoms with E-state index >= 15 is 0 Å². The number of hydrogen-bond acceptors (Lipinski definition) is 1. The van der Waals surface area contributed by atoms with Crippen molar-refractivity contribution >= 4 is 17.7 Å². The second kappa shape index (κ2) is 3.66. The Kier molecular flexibility index (Phi) is 3.12. The second-order valence-electron chi connectivity index (χ2n) is 3.18. The van der Waals surface area contributed by atoms with Crippen LogP contribution < -0.4 is 0 Å². The van der Waals surface area contributed by atoms with Gasteiger partial charge in [-0.1, -0.05) is 0 Å². The van der Waals surface area contributed by atoms with Crippen LogP contribution in [0.2, 0.25) is 5.09 Å². The van der Waals surface area contributed by atoms with Crippen molar-refractivity contribution in [3.05, 3.63) is 0 Å². The molecule has 0 amide bonds. The van der Waals surface area contributed by atoms with Crippen LogP contribution in [0.25, 0.3) is 0 Å². The third kappa shape index (κ3) is 2.33.